The summed E-state index contributed by atoms with van der Waals surface area (Å²) in [6.07, 6.45) is 1.18. The highest BCUT2D eigenvalue weighted by Crippen LogP contribution is 2.65. The second-order valence-electron chi connectivity index (χ2n) is 16.4. The molecule has 2 unspecified atom stereocenters. The molecule has 0 radical (unpaired) electrons. The largest absolute Gasteiger partial charge is 0.444 e. The zero-order valence-electron chi connectivity index (χ0n) is 29.3. The Hall–Kier alpha value is -3.56. The normalized spacial score (nSPS) is 22.8. The Bertz CT molecular complexity index is 1370. The minimum absolute atomic E-state index is 0.0678. The number of rotatable bonds is 14. The van der Waals surface area contributed by atoms with Gasteiger partial charge in [-0.05, 0) is 61.3 Å². The second kappa shape index (κ2) is 13.9. The van der Waals surface area contributed by atoms with E-state index in [9.17, 15) is 28.8 Å². The van der Waals surface area contributed by atoms with Gasteiger partial charge in [0.1, 0.15) is 11.6 Å². The van der Waals surface area contributed by atoms with E-state index in [2.05, 4.69) is 24.5 Å². The molecule has 4 rings (SSSR count). The fraction of sp³-hybridized carbons (Fsp3) is 0.676. The number of piperidine rings is 1. The van der Waals surface area contributed by atoms with Gasteiger partial charge in [-0.15, -0.1) is 0 Å². The van der Waals surface area contributed by atoms with Crippen LogP contribution in [-0.4, -0.2) is 64.4 Å². The van der Waals surface area contributed by atoms with Crippen molar-refractivity contribution in [2.45, 2.75) is 118 Å². The van der Waals surface area contributed by atoms with Gasteiger partial charge in [-0.25, -0.2) is 4.79 Å². The van der Waals surface area contributed by atoms with Crippen LogP contribution in [0.3, 0.4) is 0 Å². The lowest BCUT2D eigenvalue weighted by Gasteiger charge is -2.38. The van der Waals surface area contributed by atoms with Crippen LogP contribution in [-0.2, 0) is 35.3 Å². The number of carbonyl (C=O) groups excluding carboxylic acids is 6. The highest BCUT2D eigenvalue weighted by molar-refractivity contribution is 6.38. The van der Waals surface area contributed by atoms with Crippen molar-refractivity contribution >= 4 is 35.3 Å². The number of Topliss-reactive ketones (excluding diaryl/α,β-unsaturated/α-hetero) is 3. The molecule has 5 atom stereocenters. The monoisotopic (exact) mass is 651 g/mol. The smallest absolute Gasteiger partial charge is 0.408 e. The van der Waals surface area contributed by atoms with Crippen LogP contribution < -0.4 is 10.6 Å². The summed E-state index contributed by atoms with van der Waals surface area (Å²) < 4.78 is 5.44. The van der Waals surface area contributed by atoms with Crippen LogP contribution in [0.1, 0.15) is 99.5 Å². The number of fused-ring (bicyclic) bond motifs is 1. The Morgan fingerprint density at radius 1 is 0.957 bits per heavy atom. The van der Waals surface area contributed by atoms with Crippen molar-refractivity contribution in [3.8, 4) is 0 Å². The van der Waals surface area contributed by atoms with Gasteiger partial charge >= 0.3 is 6.09 Å². The van der Waals surface area contributed by atoms with Gasteiger partial charge in [0.05, 0.1) is 6.04 Å². The van der Waals surface area contributed by atoms with E-state index in [0.29, 0.717) is 19.5 Å². The Morgan fingerprint density at radius 2 is 1.60 bits per heavy atom. The molecule has 47 heavy (non-hydrogen) atoms. The number of benzene rings is 1. The summed E-state index contributed by atoms with van der Waals surface area (Å²) in [5, 5.41) is 5.54. The topological polar surface area (TPSA) is 139 Å². The summed E-state index contributed by atoms with van der Waals surface area (Å²) in [6, 6.07) is 7.72. The number of amides is 3. The van der Waals surface area contributed by atoms with Crippen LogP contribution in [0.15, 0.2) is 30.3 Å². The van der Waals surface area contributed by atoms with Gasteiger partial charge in [0.2, 0.25) is 17.6 Å². The van der Waals surface area contributed by atoms with Gasteiger partial charge in [0, 0.05) is 38.3 Å². The van der Waals surface area contributed by atoms with Crippen molar-refractivity contribution in [1.82, 2.24) is 15.5 Å². The van der Waals surface area contributed by atoms with Crippen molar-refractivity contribution in [2.75, 3.05) is 6.54 Å². The number of hydrogen-bond donors (Lipinski definition) is 2. The molecule has 1 aromatic carbocycles. The third-order valence-corrected chi connectivity index (χ3v) is 9.92. The molecule has 2 saturated carbocycles. The molecule has 258 valence electrons. The zero-order valence-corrected chi connectivity index (χ0v) is 29.3. The minimum atomic E-state index is -0.938. The Morgan fingerprint density at radius 3 is 2.17 bits per heavy atom. The number of hydrogen-bond acceptors (Lipinski definition) is 7. The van der Waals surface area contributed by atoms with Crippen molar-refractivity contribution < 1.29 is 33.5 Å². The zero-order chi connectivity index (χ0) is 34.9. The van der Waals surface area contributed by atoms with E-state index in [1.807, 2.05) is 51.1 Å². The third-order valence-electron chi connectivity index (χ3n) is 9.92. The lowest BCUT2D eigenvalue weighted by atomic mass is 9.83. The second-order valence-corrected chi connectivity index (χ2v) is 16.4. The van der Waals surface area contributed by atoms with Crippen LogP contribution in [0.5, 0.6) is 0 Å². The molecular weight excluding hydrogens is 598 g/mol. The summed E-state index contributed by atoms with van der Waals surface area (Å²) in [5.41, 5.74) is -0.638. The summed E-state index contributed by atoms with van der Waals surface area (Å²) in [5.74, 6) is -2.60. The molecule has 2 N–H and O–H groups in total. The van der Waals surface area contributed by atoms with E-state index < -0.39 is 46.7 Å². The predicted octanol–water partition coefficient (Wildman–Crippen LogP) is 5.02. The van der Waals surface area contributed by atoms with Crippen LogP contribution in [0.25, 0.3) is 0 Å². The van der Waals surface area contributed by atoms with Crippen LogP contribution in [0, 0.1) is 34.5 Å². The van der Waals surface area contributed by atoms with Crippen molar-refractivity contribution in [3.63, 3.8) is 0 Å². The first-order chi connectivity index (χ1) is 21.8. The average Bonchev–Trinajstić information content (AvgIpc) is 3.83. The number of ether oxygens (including phenoxy) is 1. The summed E-state index contributed by atoms with van der Waals surface area (Å²) >= 11 is 0. The lowest BCUT2D eigenvalue weighted by molar-refractivity contribution is -0.145. The molecule has 10 heteroatoms. The Labute approximate surface area is 279 Å². The molecule has 3 amide bonds. The third kappa shape index (κ3) is 9.29. The minimum Gasteiger partial charge on any atom is -0.444 e. The lowest BCUT2D eigenvalue weighted by Crippen LogP contribution is -2.58. The van der Waals surface area contributed by atoms with Gasteiger partial charge in [0.25, 0.3) is 0 Å². The van der Waals surface area contributed by atoms with Crippen LogP contribution in [0.4, 0.5) is 4.79 Å². The van der Waals surface area contributed by atoms with Gasteiger partial charge in [0.15, 0.2) is 11.6 Å². The number of likely N-dealkylation sites (tertiary alicyclic amines) is 1. The molecular formula is C37H53N3O7. The molecule has 1 saturated heterocycles. The molecule has 0 aromatic heterocycles. The summed E-state index contributed by atoms with van der Waals surface area (Å²) in [4.78, 5) is 81.6. The van der Waals surface area contributed by atoms with E-state index in [1.54, 1.807) is 25.7 Å². The highest BCUT2D eigenvalue weighted by Gasteiger charge is 2.69. The molecule has 1 aliphatic heterocycles. The van der Waals surface area contributed by atoms with E-state index in [0.717, 1.165) is 18.4 Å². The van der Waals surface area contributed by atoms with Gasteiger partial charge < -0.3 is 20.3 Å². The maximum Gasteiger partial charge on any atom is 0.408 e. The van der Waals surface area contributed by atoms with Gasteiger partial charge in [-0.3, -0.25) is 24.0 Å². The molecule has 1 aromatic rings. The average molecular weight is 652 g/mol. The predicted molar refractivity (Wildman–Crippen MR) is 177 cm³/mol. The Balaban J connectivity index is 1.44. The van der Waals surface area contributed by atoms with Crippen molar-refractivity contribution in [3.05, 3.63) is 35.9 Å². The van der Waals surface area contributed by atoms with Gasteiger partial charge in [-0.2, -0.15) is 0 Å². The number of nitrogens with one attached hydrogen (secondary N) is 2. The van der Waals surface area contributed by atoms with Crippen molar-refractivity contribution in [2.24, 2.45) is 34.5 Å². The van der Waals surface area contributed by atoms with E-state index >= 15 is 0 Å². The molecule has 3 fully saturated rings. The number of ketones is 3. The molecule has 0 bridgehead atoms. The first kappa shape index (κ1) is 36.3. The highest BCUT2D eigenvalue weighted by atomic mass is 16.6. The number of nitrogens with zero attached hydrogens (tertiary/aromatic N) is 1. The van der Waals surface area contributed by atoms with E-state index in [-0.39, 0.29) is 60.0 Å². The van der Waals surface area contributed by atoms with Gasteiger partial charge in [-0.1, -0.05) is 77.8 Å². The quantitative estimate of drug-likeness (QED) is 0.270. The van der Waals surface area contributed by atoms with Crippen LogP contribution >= 0.6 is 0 Å². The maximum atomic E-state index is 14.2. The first-order valence-electron chi connectivity index (χ1n) is 17.0. The van der Waals surface area contributed by atoms with E-state index in [1.165, 1.54) is 0 Å². The SMILES string of the molecule is CC(C)(C)OC(=O)N[C@H](C(=O)N1CC2[C@@H]([C@H]1C(=O)CC(CC1CC1)C(=O)C(=O)CCC(=O)NCc1ccccc1)C2(C)C)C(C)(C)C. The molecule has 3 aliphatic rings. The first-order valence-corrected chi connectivity index (χ1v) is 17.0. The van der Waals surface area contributed by atoms with Crippen LogP contribution in [0.2, 0.25) is 0 Å². The van der Waals surface area contributed by atoms with Crippen molar-refractivity contribution in [1.29, 1.82) is 0 Å². The maximum absolute atomic E-state index is 14.2. The standard InChI is InChI=1S/C37H53N3O7/c1-35(2,3)32(39-34(46)47-36(4,5)6)33(45)40-21-25-29(37(25,7)8)30(40)27(42)19-24(18-22-14-15-22)31(44)26(41)16-17-28(43)38-20-23-12-10-9-11-13-23/h9-13,22,24-25,29-30,32H,14-21H2,1-8H3,(H,38,43)(H,39,46)/t24?,25?,29-,30+,32+/m0/s1. The van der Waals surface area contributed by atoms with E-state index in [4.69, 9.17) is 4.74 Å². The molecule has 2 aliphatic carbocycles. The summed E-state index contributed by atoms with van der Waals surface area (Å²) in [7, 11) is 0. The molecule has 1 heterocycles. The fourth-order valence-electron chi connectivity index (χ4n) is 6.99. The molecule has 0 spiro atoms. The summed E-state index contributed by atoms with van der Waals surface area (Å²) in [6.45, 7) is 15.7. The fourth-order valence-corrected chi connectivity index (χ4v) is 6.99. The molecule has 10 nitrogen and oxygen atoms in total. The Kier molecular flexibility index (Phi) is 10.7. The number of alkyl carbamates (subject to hydrolysis) is 1. The number of carbonyl (C=O) groups is 6.